The molecule has 1 amide bonds. The number of benzene rings is 1. The molecule has 0 aromatic heterocycles. The second-order valence-corrected chi connectivity index (χ2v) is 6.61. The van der Waals surface area contributed by atoms with Crippen molar-refractivity contribution in [1.29, 1.82) is 0 Å². The topological polar surface area (TPSA) is 49.3 Å². The van der Waals surface area contributed by atoms with E-state index in [1.807, 2.05) is 6.92 Å². The summed E-state index contributed by atoms with van der Waals surface area (Å²) in [5.41, 5.74) is 0.350. The summed E-state index contributed by atoms with van der Waals surface area (Å²) < 4.78 is 0.938. The molecule has 0 saturated carbocycles. The highest BCUT2D eigenvalue weighted by atomic mass is 127. The van der Waals surface area contributed by atoms with Crippen molar-refractivity contribution in [1.82, 2.24) is 5.32 Å². The van der Waals surface area contributed by atoms with Crippen molar-refractivity contribution in [2.24, 2.45) is 5.92 Å². The fraction of sp³-hybridized carbons (Fsp3) is 0.533. The SMILES string of the molecule is CC(C)CCCC(C)NC(=O)c1cc(I)ccc1O. The second kappa shape index (κ2) is 7.72. The molecule has 0 saturated heterocycles. The lowest BCUT2D eigenvalue weighted by Gasteiger charge is -2.15. The maximum Gasteiger partial charge on any atom is 0.255 e. The first-order chi connectivity index (χ1) is 8.90. The molecule has 0 aliphatic heterocycles. The molecule has 0 bridgehead atoms. The van der Waals surface area contributed by atoms with E-state index in [1.54, 1.807) is 18.2 Å². The van der Waals surface area contributed by atoms with Gasteiger partial charge in [-0.2, -0.15) is 0 Å². The molecule has 106 valence electrons. The van der Waals surface area contributed by atoms with Gasteiger partial charge in [-0.15, -0.1) is 0 Å². The monoisotopic (exact) mass is 375 g/mol. The van der Waals surface area contributed by atoms with E-state index in [2.05, 4.69) is 41.8 Å². The van der Waals surface area contributed by atoms with Crippen LogP contribution >= 0.6 is 22.6 Å². The number of rotatable bonds is 6. The van der Waals surface area contributed by atoms with Gasteiger partial charge in [0.2, 0.25) is 0 Å². The van der Waals surface area contributed by atoms with Gasteiger partial charge in [-0.1, -0.05) is 26.7 Å². The van der Waals surface area contributed by atoms with Gasteiger partial charge in [0.25, 0.3) is 5.91 Å². The standard InChI is InChI=1S/C15H22INO2/c1-10(2)5-4-6-11(3)17-15(19)13-9-12(16)7-8-14(13)18/h7-11,18H,4-6H2,1-3H3,(H,17,19). The number of nitrogens with one attached hydrogen (secondary N) is 1. The minimum absolute atomic E-state index is 0.0345. The minimum atomic E-state index is -0.201. The number of phenolic OH excluding ortho intramolecular Hbond substituents is 1. The summed E-state index contributed by atoms with van der Waals surface area (Å²) in [6, 6.07) is 5.16. The zero-order valence-corrected chi connectivity index (χ0v) is 13.9. The summed E-state index contributed by atoms with van der Waals surface area (Å²) in [7, 11) is 0. The molecule has 0 radical (unpaired) electrons. The zero-order chi connectivity index (χ0) is 14.4. The molecule has 1 atom stereocenters. The average Bonchev–Trinajstić information content (AvgIpc) is 2.31. The number of hydrogen-bond donors (Lipinski definition) is 2. The predicted octanol–water partition coefficient (Wildman–Crippen LogP) is 3.94. The van der Waals surface area contributed by atoms with E-state index in [1.165, 1.54) is 6.42 Å². The van der Waals surface area contributed by atoms with Crippen molar-refractivity contribution in [3.8, 4) is 5.75 Å². The van der Waals surface area contributed by atoms with Gasteiger partial charge in [-0.3, -0.25) is 4.79 Å². The minimum Gasteiger partial charge on any atom is -0.507 e. The zero-order valence-electron chi connectivity index (χ0n) is 11.7. The molecule has 2 N–H and O–H groups in total. The third kappa shape index (κ3) is 5.80. The molecule has 1 aromatic carbocycles. The number of aromatic hydroxyl groups is 1. The van der Waals surface area contributed by atoms with Gasteiger partial charge in [-0.25, -0.2) is 0 Å². The highest BCUT2D eigenvalue weighted by molar-refractivity contribution is 14.1. The quantitative estimate of drug-likeness (QED) is 0.740. The van der Waals surface area contributed by atoms with E-state index in [4.69, 9.17) is 0 Å². The Morgan fingerprint density at radius 2 is 2.00 bits per heavy atom. The van der Waals surface area contributed by atoms with Crippen molar-refractivity contribution in [3.63, 3.8) is 0 Å². The van der Waals surface area contributed by atoms with Gasteiger partial charge in [0.15, 0.2) is 0 Å². The molecule has 1 aromatic rings. The Morgan fingerprint density at radius 3 is 2.63 bits per heavy atom. The van der Waals surface area contributed by atoms with E-state index >= 15 is 0 Å². The smallest absolute Gasteiger partial charge is 0.255 e. The van der Waals surface area contributed by atoms with E-state index in [0.29, 0.717) is 11.5 Å². The molecular weight excluding hydrogens is 353 g/mol. The lowest BCUT2D eigenvalue weighted by molar-refractivity contribution is 0.0935. The molecule has 4 heteroatoms. The van der Waals surface area contributed by atoms with Crippen LogP contribution in [-0.2, 0) is 0 Å². The Hall–Kier alpha value is -0.780. The Kier molecular flexibility index (Phi) is 6.62. The molecule has 0 aliphatic rings. The van der Waals surface area contributed by atoms with Gasteiger partial charge in [0, 0.05) is 9.61 Å². The van der Waals surface area contributed by atoms with Gasteiger partial charge in [0.05, 0.1) is 5.56 Å². The molecule has 19 heavy (non-hydrogen) atoms. The normalized spacial score (nSPS) is 12.5. The lowest BCUT2D eigenvalue weighted by atomic mass is 10.0. The van der Waals surface area contributed by atoms with E-state index in [9.17, 15) is 9.90 Å². The van der Waals surface area contributed by atoms with Gasteiger partial charge in [0.1, 0.15) is 5.75 Å². The molecule has 1 unspecified atom stereocenters. The van der Waals surface area contributed by atoms with Crippen LogP contribution < -0.4 is 5.32 Å². The fourth-order valence-corrected chi connectivity index (χ4v) is 2.39. The van der Waals surface area contributed by atoms with Crippen molar-refractivity contribution < 1.29 is 9.90 Å². The van der Waals surface area contributed by atoms with E-state index in [0.717, 1.165) is 16.4 Å². The van der Waals surface area contributed by atoms with Crippen LogP contribution in [0.2, 0.25) is 0 Å². The number of phenols is 1. The average molecular weight is 375 g/mol. The number of carbonyl (C=O) groups is 1. The first kappa shape index (κ1) is 16.3. The Bertz CT molecular complexity index is 432. The summed E-state index contributed by atoms with van der Waals surface area (Å²) in [4.78, 5) is 12.1. The van der Waals surface area contributed by atoms with Crippen molar-refractivity contribution in [2.75, 3.05) is 0 Å². The number of halogens is 1. The van der Waals surface area contributed by atoms with Crippen LogP contribution in [0.25, 0.3) is 0 Å². The fourth-order valence-electron chi connectivity index (χ4n) is 1.90. The summed E-state index contributed by atoms with van der Waals surface area (Å²) >= 11 is 2.13. The summed E-state index contributed by atoms with van der Waals surface area (Å²) in [6.45, 7) is 6.41. The van der Waals surface area contributed by atoms with Crippen LogP contribution in [0, 0.1) is 9.49 Å². The van der Waals surface area contributed by atoms with Crippen LogP contribution in [0.1, 0.15) is 50.4 Å². The van der Waals surface area contributed by atoms with Crippen LogP contribution in [0.15, 0.2) is 18.2 Å². The third-order valence-electron chi connectivity index (χ3n) is 3.00. The van der Waals surface area contributed by atoms with E-state index in [-0.39, 0.29) is 17.7 Å². The summed E-state index contributed by atoms with van der Waals surface area (Å²) in [6.07, 6.45) is 3.25. The largest absolute Gasteiger partial charge is 0.507 e. The van der Waals surface area contributed by atoms with Crippen LogP contribution in [0.3, 0.4) is 0 Å². The summed E-state index contributed by atoms with van der Waals surface area (Å²) in [5.74, 6) is 0.531. The lowest BCUT2D eigenvalue weighted by Crippen LogP contribution is -2.32. The van der Waals surface area contributed by atoms with E-state index < -0.39 is 0 Å². The third-order valence-corrected chi connectivity index (χ3v) is 3.67. The highest BCUT2D eigenvalue weighted by Gasteiger charge is 2.14. The molecule has 3 nitrogen and oxygen atoms in total. The first-order valence-corrected chi connectivity index (χ1v) is 7.77. The van der Waals surface area contributed by atoms with Crippen molar-refractivity contribution in [2.45, 2.75) is 46.1 Å². The number of hydrogen-bond acceptors (Lipinski definition) is 2. The summed E-state index contributed by atoms with van der Waals surface area (Å²) in [5, 5.41) is 12.6. The molecule has 0 aliphatic carbocycles. The number of amides is 1. The van der Waals surface area contributed by atoms with Gasteiger partial charge >= 0.3 is 0 Å². The second-order valence-electron chi connectivity index (χ2n) is 5.36. The molecule has 0 fully saturated rings. The predicted molar refractivity (Wildman–Crippen MR) is 86.4 cm³/mol. The highest BCUT2D eigenvalue weighted by Crippen LogP contribution is 2.20. The van der Waals surface area contributed by atoms with Crippen LogP contribution in [0.5, 0.6) is 5.75 Å². The molecular formula is C15H22INO2. The Balaban J connectivity index is 2.52. The molecule has 0 spiro atoms. The maximum absolute atomic E-state index is 12.1. The van der Waals surface area contributed by atoms with Crippen LogP contribution in [0.4, 0.5) is 0 Å². The Labute approximate surface area is 128 Å². The van der Waals surface area contributed by atoms with Gasteiger partial charge < -0.3 is 10.4 Å². The number of carbonyl (C=O) groups excluding carboxylic acids is 1. The van der Waals surface area contributed by atoms with Crippen molar-refractivity contribution in [3.05, 3.63) is 27.3 Å². The maximum atomic E-state index is 12.1. The molecule has 1 rings (SSSR count). The Morgan fingerprint density at radius 1 is 1.32 bits per heavy atom. The van der Waals surface area contributed by atoms with Crippen LogP contribution in [-0.4, -0.2) is 17.1 Å². The van der Waals surface area contributed by atoms with Gasteiger partial charge in [-0.05, 0) is 60.1 Å². The molecule has 0 heterocycles. The first-order valence-electron chi connectivity index (χ1n) is 6.69. The van der Waals surface area contributed by atoms with Crippen molar-refractivity contribution >= 4 is 28.5 Å².